The summed E-state index contributed by atoms with van der Waals surface area (Å²) in [5, 5.41) is 0. The molecular weight excluding hydrogens is 196 g/mol. The van der Waals surface area contributed by atoms with Crippen LogP contribution in [-0.4, -0.2) is 18.4 Å². The number of hydrogen-bond donors (Lipinski definition) is 1. The molecule has 0 fully saturated rings. The zero-order valence-electron chi connectivity index (χ0n) is 7.21. The maximum Gasteiger partial charge on any atom is 0.268 e. The fourth-order valence-electron chi connectivity index (χ4n) is 1.04. The van der Waals surface area contributed by atoms with Crippen LogP contribution in [0.25, 0.3) is 0 Å². The Kier molecular flexibility index (Phi) is 2.95. The molecule has 0 spiro atoms. The van der Waals surface area contributed by atoms with Crippen molar-refractivity contribution in [2.75, 3.05) is 7.11 Å². The third-order valence-electron chi connectivity index (χ3n) is 1.67. The lowest BCUT2D eigenvalue weighted by Crippen LogP contribution is -2.15. The minimum absolute atomic E-state index is 0.184. The Morgan fingerprint density at radius 3 is 2.64 bits per heavy atom. The number of methoxy groups -OCH3 is 1. The first-order valence-corrected chi connectivity index (χ1v) is 3.64. The Labute approximate surface area is 77.5 Å². The van der Waals surface area contributed by atoms with Crippen molar-refractivity contribution >= 4 is 6.29 Å². The van der Waals surface area contributed by atoms with Gasteiger partial charge in [0.1, 0.15) is 11.3 Å². The normalized spacial score (nSPS) is 10.3. The number of aromatic nitrogens is 1. The number of aldehydes is 1. The maximum atomic E-state index is 12.3. The molecular formula is C8H7F2NO3. The molecule has 0 amide bonds. The lowest BCUT2D eigenvalue weighted by atomic mass is 10.2. The van der Waals surface area contributed by atoms with E-state index in [1.54, 1.807) is 0 Å². The van der Waals surface area contributed by atoms with Gasteiger partial charge in [-0.25, -0.2) is 8.78 Å². The fourth-order valence-corrected chi connectivity index (χ4v) is 1.04. The molecule has 0 bridgehead atoms. The average Bonchev–Trinajstić information content (AvgIpc) is 2.16. The van der Waals surface area contributed by atoms with Gasteiger partial charge in [-0.15, -0.1) is 0 Å². The SMILES string of the molecule is COc1c(C(F)F)c[nH]c(=O)c1C=O. The Hall–Kier alpha value is -1.72. The smallest absolute Gasteiger partial charge is 0.268 e. The van der Waals surface area contributed by atoms with Gasteiger partial charge in [-0.1, -0.05) is 0 Å². The van der Waals surface area contributed by atoms with Gasteiger partial charge in [0.15, 0.2) is 6.29 Å². The number of H-pyrrole nitrogens is 1. The van der Waals surface area contributed by atoms with Crippen LogP contribution >= 0.6 is 0 Å². The minimum Gasteiger partial charge on any atom is -0.495 e. The first-order chi connectivity index (χ1) is 6.61. The number of alkyl halides is 2. The van der Waals surface area contributed by atoms with E-state index in [0.29, 0.717) is 0 Å². The summed E-state index contributed by atoms with van der Waals surface area (Å²) in [5.41, 5.74) is -1.68. The Morgan fingerprint density at radius 2 is 2.21 bits per heavy atom. The van der Waals surface area contributed by atoms with Gasteiger partial charge >= 0.3 is 0 Å². The molecule has 0 radical (unpaired) electrons. The first-order valence-electron chi connectivity index (χ1n) is 3.64. The van der Waals surface area contributed by atoms with Gasteiger partial charge in [0.2, 0.25) is 0 Å². The molecule has 1 aromatic rings. The van der Waals surface area contributed by atoms with Gasteiger partial charge in [0.05, 0.1) is 12.7 Å². The van der Waals surface area contributed by atoms with Crippen LogP contribution in [-0.2, 0) is 0 Å². The topological polar surface area (TPSA) is 59.2 Å². The highest BCUT2D eigenvalue weighted by molar-refractivity contribution is 5.79. The van der Waals surface area contributed by atoms with Crippen LogP contribution in [0.4, 0.5) is 8.78 Å². The fraction of sp³-hybridized carbons (Fsp3) is 0.250. The summed E-state index contributed by atoms with van der Waals surface area (Å²) in [7, 11) is 1.12. The number of halogens is 2. The monoisotopic (exact) mass is 203 g/mol. The minimum atomic E-state index is -2.81. The van der Waals surface area contributed by atoms with E-state index in [1.807, 2.05) is 4.98 Å². The average molecular weight is 203 g/mol. The Balaban J connectivity index is 3.48. The molecule has 4 nitrogen and oxygen atoms in total. The van der Waals surface area contributed by atoms with E-state index in [0.717, 1.165) is 13.3 Å². The van der Waals surface area contributed by atoms with Gasteiger partial charge < -0.3 is 9.72 Å². The summed E-state index contributed by atoms with van der Waals surface area (Å²) in [6.07, 6.45) is -1.79. The van der Waals surface area contributed by atoms with Crippen LogP contribution in [0.15, 0.2) is 11.0 Å². The second-order valence-electron chi connectivity index (χ2n) is 2.44. The highest BCUT2D eigenvalue weighted by Crippen LogP contribution is 2.28. The van der Waals surface area contributed by atoms with Crippen molar-refractivity contribution in [2.24, 2.45) is 0 Å². The van der Waals surface area contributed by atoms with Crippen LogP contribution < -0.4 is 10.3 Å². The van der Waals surface area contributed by atoms with E-state index >= 15 is 0 Å². The third-order valence-corrected chi connectivity index (χ3v) is 1.67. The molecule has 0 saturated carbocycles. The number of carbonyl (C=O) groups is 1. The van der Waals surface area contributed by atoms with Gasteiger partial charge in [0, 0.05) is 6.20 Å². The lowest BCUT2D eigenvalue weighted by Gasteiger charge is -2.08. The van der Waals surface area contributed by atoms with Gasteiger partial charge in [-0.05, 0) is 0 Å². The van der Waals surface area contributed by atoms with Gasteiger partial charge in [-0.2, -0.15) is 0 Å². The summed E-state index contributed by atoms with van der Waals surface area (Å²) in [6, 6.07) is 0. The predicted octanol–water partition coefficient (Wildman–Crippen LogP) is 1.13. The predicted molar refractivity (Wildman–Crippen MR) is 44.0 cm³/mol. The van der Waals surface area contributed by atoms with E-state index in [-0.39, 0.29) is 12.0 Å². The van der Waals surface area contributed by atoms with E-state index in [2.05, 4.69) is 4.74 Å². The maximum absolute atomic E-state index is 12.3. The highest BCUT2D eigenvalue weighted by Gasteiger charge is 2.19. The number of rotatable bonds is 3. The van der Waals surface area contributed by atoms with Crippen LogP contribution in [0, 0.1) is 0 Å². The molecule has 1 N–H and O–H groups in total. The van der Waals surface area contributed by atoms with Gasteiger partial charge in [0.25, 0.3) is 12.0 Å². The van der Waals surface area contributed by atoms with Crippen molar-refractivity contribution in [1.29, 1.82) is 0 Å². The molecule has 6 heteroatoms. The van der Waals surface area contributed by atoms with Crippen molar-refractivity contribution in [3.63, 3.8) is 0 Å². The zero-order chi connectivity index (χ0) is 10.7. The molecule has 14 heavy (non-hydrogen) atoms. The Bertz CT molecular complexity index is 400. The molecule has 1 aromatic heterocycles. The largest absolute Gasteiger partial charge is 0.495 e. The third kappa shape index (κ3) is 1.63. The van der Waals surface area contributed by atoms with Crippen LogP contribution in [0.1, 0.15) is 22.3 Å². The van der Waals surface area contributed by atoms with E-state index in [4.69, 9.17) is 0 Å². The molecule has 0 unspecified atom stereocenters. The van der Waals surface area contributed by atoms with Gasteiger partial charge in [-0.3, -0.25) is 9.59 Å². The van der Waals surface area contributed by atoms with Crippen molar-refractivity contribution in [3.8, 4) is 5.75 Å². The summed E-state index contributed by atoms with van der Waals surface area (Å²) >= 11 is 0. The molecule has 0 aliphatic heterocycles. The summed E-state index contributed by atoms with van der Waals surface area (Å²) in [6.45, 7) is 0. The molecule has 76 valence electrons. The van der Waals surface area contributed by atoms with Crippen molar-refractivity contribution in [3.05, 3.63) is 27.7 Å². The molecule has 0 aromatic carbocycles. The zero-order valence-corrected chi connectivity index (χ0v) is 7.21. The lowest BCUT2D eigenvalue weighted by molar-refractivity contribution is 0.111. The summed E-state index contributed by atoms with van der Waals surface area (Å²) in [4.78, 5) is 23.5. The molecule has 0 aliphatic carbocycles. The second-order valence-corrected chi connectivity index (χ2v) is 2.44. The first kappa shape index (κ1) is 10.4. The van der Waals surface area contributed by atoms with E-state index < -0.39 is 23.1 Å². The molecule has 1 rings (SSSR count). The van der Waals surface area contributed by atoms with E-state index in [9.17, 15) is 18.4 Å². The number of pyridine rings is 1. The standard InChI is InChI=1S/C8H7F2NO3/c1-14-6-4(7(9)10)2-11-8(13)5(6)3-12/h2-3,7H,1H3,(H,11,13). The number of nitrogens with one attached hydrogen (secondary N) is 1. The van der Waals surface area contributed by atoms with Crippen LogP contribution in [0.3, 0.4) is 0 Å². The van der Waals surface area contributed by atoms with Crippen molar-refractivity contribution in [2.45, 2.75) is 6.43 Å². The summed E-state index contributed by atoms with van der Waals surface area (Å²) in [5.74, 6) is -0.376. The number of ether oxygens (including phenoxy) is 1. The number of carbonyl (C=O) groups excluding carboxylic acids is 1. The molecule has 0 saturated heterocycles. The quantitative estimate of drug-likeness (QED) is 0.749. The summed E-state index contributed by atoms with van der Waals surface area (Å²) < 4.78 is 29.3. The molecule has 0 aliphatic rings. The Morgan fingerprint density at radius 1 is 1.57 bits per heavy atom. The van der Waals surface area contributed by atoms with E-state index in [1.165, 1.54) is 0 Å². The van der Waals surface area contributed by atoms with Crippen molar-refractivity contribution in [1.82, 2.24) is 4.98 Å². The molecule has 1 heterocycles. The van der Waals surface area contributed by atoms with Crippen LogP contribution in [0.2, 0.25) is 0 Å². The number of aromatic amines is 1. The molecule has 0 atom stereocenters. The van der Waals surface area contributed by atoms with Crippen LogP contribution in [0.5, 0.6) is 5.75 Å². The van der Waals surface area contributed by atoms with Crippen molar-refractivity contribution < 1.29 is 18.3 Å². The number of hydrogen-bond acceptors (Lipinski definition) is 3. The highest BCUT2D eigenvalue weighted by atomic mass is 19.3. The second kappa shape index (κ2) is 3.99.